The minimum Gasteiger partial charge on any atom is -0.350 e. The molecule has 0 amide bonds. The quantitative estimate of drug-likeness (QED) is 0.408. The van der Waals surface area contributed by atoms with E-state index in [1.54, 1.807) is 23.6 Å². The van der Waals surface area contributed by atoms with Crippen LogP contribution in [-0.4, -0.2) is 22.6 Å². The highest BCUT2D eigenvalue weighted by Gasteiger charge is 2.24. The van der Waals surface area contributed by atoms with Crippen LogP contribution in [0.15, 0.2) is 29.9 Å². The summed E-state index contributed by atoms with van der Waals surface area (Å²) < 4.78 is 30.0. The molecule has 8 heteroatoms. The van der Waals surface area contributed by atoms with Crippen molar-refractivity contribution in [3.8, 4) is 0 Å². The highest BCUT2D eigenvalue weighted by molar-refractivity contribution is 7.18. The standard InChI is InChI=1S/C21H20F2N4S2/c1-11-12(4-2-3-6-24-11)16-8-13-15(5-7-25-21(13)29-16)27-19-14(22)9-17-20(18(19)23)26-10-28-17/h5,7-12,24H,2-4,6H2,1H3,(H,25,27)/t11-,12-/m0/s1. The van der Waals surface area contributed by atoms with Crippen LogP contribution >= 0.6 is 22.7 Å². The molecule has 2 atom stereocenters. The molecule has 3 aromatic heterocycles. The summed E-state index contributed by atoms with van der Waals surface area (Å²) in [6.45, 7) is 3.27. The molecule has 29 heavy (non-hydrogen) atoms. The van der Waals surface area contributed by atoms with Crippen molar-refractivity contribution in [2.75, 3.05) is 11.9 Å². The molecule has 1 aliphatic heterocycles. The van der Waals surface area contributed by atoms with Gasteiger partial charge in [-0.15, -0.1) is 22.7 Å². The van der Waals surface area contributed by atoms with Crippen LogP contribution in [-0.2, 0) is 0 Å². The summed E-state index contributed by atoms with van der Waals surface area (Å²) in [5.74, 6) is -0.867. The van der Waals surface area contributed by atoms with E-state index >= 15 is 0 Å². The molecule has 5 rings (SSSR count). The first-order valence-corrected chi connectivity index (χ1v) is 11.4. The number of hydrogen-bond acceptors (Lipinski definition) is 6. The third kappa shape index (κ3) is 3.39. The van der Waals surface area contributed by atoms with Crippen molar-refractivity contribution in [3.05, 3.63) is 46.4 Å². The molecule has 150 valence electrons. The highest BCUT2D eigenvalue weighted by atomic mass is 32.1. The molecular weight excluding hydrogens is 410 g/mol. The second kappa shape index (κ2) is 7.59. The van der Waals surface area contributed by atoms with Gasteiger partial charge in [0.2, 0.25) is 0 Å². The van der Waals surface area contributed by atoms with Crippen molar-refractivity contribution < 1.29 is 8.78 Å². The third-order valence-corrected chi connectivity index (χ3v) is 7.56. The fourth-order valence-electron chi connectivity index (χ4n) is 4.03. The molecule has 1 aromatic carbocycles. The normalized spacial score (nSPS) is 20.2. The Morgan fingerprint density at radius 3 is 3.00 bits per heavy atom. The van der Waals surface area contributed by atoms with E-state index < -0.39 is 11.6 Å². The highest BCUT2D eigenvalue weighted by Crippen LogP contribution is 2.39. The van der Waals surface area contributed by atoms with Gasteiger partial charge in [0.25, 0.3) is 0 Å². The number of thiazole rings is 1. The Morgan fingerprint density at radius 2 is 2.10 bits per heavy atom. The van der Waals surface area contributed by atoms with Gasteiger partial charge in [0.1, 0.15) is 16.0 Å². The van der Waals surface area contributed by atoms with E-state index in [9.17, 15) is 8.78 Å². The molecule has 4 aromatic rings. The monoisotopic (exact) mass is 430 g/mol. The molecule has 0 aliphatic carbocycles. The first kappa shape index (κ1) is 18.8. The largest absolute Gasteiger partial charge is 0.350 e. The summed E-state index contributed by atoms with van der Waals surface area (Å²) in [4.78, 5) is 10.7. The van der Waals surface area contributed by atoms with E-state index in [0.29, 0.717) is 22.3 Å². The lowest BCUT2D eigenvalue weighted by molar-refractivity contribution is 0.488. The fraction of sp³-hybridized carbons (Fsp3) is 0.333. The molecule has 4 nitrogen and oxygen atoms in total. The van der Waals surface area contributed by atoms with E-state index in [4.69, 9.17) is 0 Å². The maximum absolute atomic E-state index is 14.9. The molecule has 1 fully saturated rings. The Hall–Kier alpha value is -2.16. The lowest BCUT2D eigenvalue weighted by atomic mass is 9.94. The summed E-state index contributed by atoms with van der Waals surface area (Å²) >= 11 is 2.89. The van der Waals surface area contributed by atoms with Gasteiger partial charge in [-0.1, -0.05) is 6.42 Å². The zero-order valence-electron chi connectivity index (χ0n) is 15.8. The maximum atomic E-state index is 14.9. The van der Waals surface area contributed by atoms with Gasteiger partial charge in [-0.2, -0.15) is 0 Å². The number of fused-ring (bicyclic) bond motifs is 2. The lowest BCUT2D eigenvalue weighted by Gasteiger charge is -2.20. The third-order valence-electron chi connectivity index (χ3n) is 5.61. The predicted molar refractivity (Wildman–Crippen MR) is 116 cm³/mol. The van der Waals surface area contributed by atoms with E-state index in [2.05, 4.69) is 33.6 Å². The second-order valence-electron chi connectivity index (χ2n) is 7.44. The lowest BCUT2D eigenvalue weighted by Crippen LogP contribution is -2.30. The Kier molecular flexibility index (Phi) is 4.93. The molecule has 0 radical (unpaired) electrons. The van der Waals surface area contributed by atoms with Gasteiger partial charge in [-0.25, -0.2) is 18.7 Å². The van der Waals surface area contributed by atoms with E-state index in [1.165, 1.54) is 40.6 Å². The molecule has 1 saturated heterocycles. The molecule has 0 bridgehead atoms. The Labute approximate surface area is 175 Å². The van der Waals surface area contributed by atoms with Crippen molar-refractivity contribution >= 4 is 54.5 Å². The SMILES string of the molecule is C[C@@H]1NCCCC[C@@H]1c1cc2c(Nc3c(F)cc4scnc4c3F)ccnc2s1. The summed E-state index contributed by atoms with van der Waals surface area (Å²) in [6, 6.07) is 5.61. The number of halogens is 2. The van der Waals surface area contributed by atoms with Crippen LogP contribution < -0.4 is 10.6 Å². The molecular formula is C21H20F2N4S2. The van der Waals surface area contributed by atoms with Gasteiger partial charge in [0, 0.05) is 28.4 Å². The van der Waals surface area contributed by atoms with Gasteiger partial charge in [-0.05, 0) is 44.5 Å². The van der Waals surface area contributed by atoms with Crippen LogP contribution in [0.1, 0.15) is 37.0 Å². The average Bonchev–Trinajstić information content (AvgIpc) is 3.29. The van der Waals surface area contributed by atoms with Crippen LogP contribution in [0.3, 0.4) is 0 Å². The number of aromatic nitrogens is 2. The molecule has 0 unspecified atom stereocenters. The van der Waals surface area contributed by atoms with Crippen molar-refractivity contribution in [1.29, 1.82) is 0 Å². The van der Waals surface area contributed by atoms with Gasteiger partial charge < -0.3 is 10.6 Å². The van der Waals surface area contributed by atoms with Crippen LogP contribution in [0.4, 0.5) is 20.2 Å². The maximum Gasteiger partial charge on any atom is 0.176 e. The van der Waals surface area contributed by atoms with Gasteiger partial charge in [0.05, 0.1) is 15.9 Å². The smallest absolute Gasteiger partial charge is 0.176 e. The molecule has 0 spiro atoms. The van der Waals surface area contributed by atoms with Gasteiger partial charge in [0.15, 0.2) is 11.6 Å². The minimum absolute atomic E-state index is 0.173. The van der Waals surface area contributed by atoms with Gasteiger partial charge in [-0.3, -0.25) is 0 Å². The number of pyridine rings is 1. The topological polar surface area (TPSA) is 49.8 Å². The first-order valence-electron chi connectivity index (χ1n) is 9.72. The van der Waals surface area contributed by atoms with Crippen molar-refractivity contribution in [1.82, 2.24) is 15.3 Å². The molecule has 0 saturated carbocycles. The Balaban J connectivity index is 1.55. The number of thiophene rings is 1. The van der Waals surface area contributed by atoms with Crippen LogP contribution in [0.25, 0.3) is 20.4 Å². The number of nitrogens with one attached hydrogen (secondary N) is 2. The predicted octanol–water partition coefficient (Wildman–Crippen LogP) is 6.17. The minimum atomic E-state index is -0.664. The molecule has 4 heterocycles. The summed E-state index contributed by atoms with van der Waals surface area (Å²) in [5, 5.41) is 7.45. The van der Waals surface area contributed by atoms with Crippen molar-refractivity contribution in [3.63, 3.8) is 0 Å². The Morgan fingerprint density at radius 1 is 1.21 bits per heavy atom. The zero-order chi connectivity index (χ0) is 20.0. The van der Waals surface area contributed by atoms with Crippen LogP contribution in [0, 0.1) is 11.6 Å². The van der Waals surface area contributed by atoms with E-state index in [-0.39, 0.29) is 11.2 Å². The van der Waals surface area contributed by atoms with Crippen molar-refractivity contribution in [2.45, 2.75) is 38.1 Å². The van der Waals surface area contributed by atoms with E-state index in [1.807, 2.05) is 0 Å². The second-order valence-corrected chi connectivity index (χ2v) is 9.39. The fourth-order valence-corrected chi connectivity index (χ4v) is 5.99. The van der Waals surface area contributed by atoms with E-state index in [0.717, 1.165) is 23.2 Å². The zero-order valence-corrected chi connectivity index (χ0v) is 17.5. The van der Waals surface area contributed by atoms with Crippen molar-refractivity contribution in [2.24, 2.45) is 0 Å². The number of nitrogens with zero attached hydrogens (tertiary/aromatic N) is 2. The number of anilines is 2. The van der Waals surface area contributed by atoms with Crippen LogP contribution in [0.5, 0.6) is 0 Å². The van der Waals surface area contributed by atoms with Crippen LogP contribution in [0.2, 0.25) is 0 Å². The Bertz CT molecular complexity index is 1190. The summed E-state index contributed by atoms with van der Waals surface area (Å²) in [7, 11) is 0. The summed E-state index contributed by atoms with van der Waals surface area (Å²) in [5.41, 5.74) is 2.19. The van der Waals surface area contributed by atoms with Gasteiger partial charge >= 0.3 is 0 Å². The number of hydrogen-bond donors (Lipinski definition) is 2. The average molecular weight is 431 g/mol. The molecule has 2 N–H and O–H groups in total. The number of rotatable bonds is 3. The molecule has 1 aliphatic rings. The summed E-state index contributed by atoms with van der Waals surface area (Å²) in [6.07, 6.45) is 5.19. The number of benzene rings is 1. The first-order chi connectivity index (χ1) is 14.1.